The second kappa shape index (κ2) is 5.17. The summed E-state index contributed by atoms with van der Waals surface area (Å²) >= 11 is 1.60. The third-order valence-electron chi connectivity index (χ3n) is 3.30. The molecule has 1 aromatic rings. The minimum atomic E-state index is -1.04. The lowest BCUT2D eigenvalue weighted by atomic mass is 10.1. The molecule has 1 amide bonds. The van der Waals surface area contributed by atoms with Crippen molar-refractivity contribution in [2.45, 2.75) is 17.0 Å². The molecule has 1 unspecified atom stereocenters. The molecule has 1 fully saturated rings. The SMILES string of the molecule is O=C(O)C1=CC(C=Cc2ccccc2)S[C@@H]2CC(=O)N12. The van der Waals surface area contributed by atoms with Crippen molar-refractivity contribution in [3.05, 3.63) is 53.7 Å². The molecule has 0 spiro atoms. The molecule has 2 heterocycles. The predicted molar refractivity (Wildman–Crippen MR) is 77.8 cm³/mol. The molecule has 0 bridgehead atoms. The van der Waals surface area contributed by atoms with Gasteiger partial charge in [0.05, 0.1) is 11.8 Å². The summed E-state index contributed by atoms with van der Waals surface area (Å²) in [6, 6.07) is 9.85. The van der Waals surface area contributed by atoms with Gasteiger partial charge in [-0.3, -0.25) is 9.69 Å². The topological polar surface area (TPSA) is 57.6 Å². The fraction of sp³-hybridized carbons (Fsp3) is 0.200. The molecule has 1 aromatic carbocycles. The lowest BCUT2D eigenvalue weighted by Gasteiger charge is -2.43. The van der Waals surface area contributed by atoms with E-state index >= 15 is 0 Å². The van der Waals surface area contributed by atoms with Crippen LogP contribution < -0.4 is 0 Å². The third kappa shape index (κ3) is 2.36. The summed E-state index contributed by atoms with van der Waals surface area (Å²) in [4.78, 5) is 24.0. The molecule has 5 heteroatoms. The van der Waals surface area contributed by atoms with Crippen molar-refractivity contribution in [3.63, 3.8) is 0 Å². The van der Waals surface area contributed by atoms with Crippen LogP contribution in [0, 0.1) is 0 Å². The average molecular weight is 287 g/mol. The molecule has 0 aromatic heterocycles. The Balaban J connectivity index is 1.81. The molecule has 3 rings (SSSR count). The van der Waals surface area contributed by atoms with Gasteiger partial charge in [-0.15, -0.1) is 11.8 Å². The summed E-state index contributed by atoms with van der Waals surface area (Å²) in [7, 11) is 0. The molecule has 0 aliphatic carbocycles. The van der Waals surface area contributed by atoms with E-state index in [0.29, 0.717) is 6.42 Å². The highest BCUT2D eigenvalue weighted by Crippen LogP contribution is 2.41. The van der Waals surface area contributed by atoms with Crippen LogP contribution in [0.15, 0.2) is 48.2 Å². The fourth-order valence-corrected chi connectivity index (χ4v) is 3.62. The summed E-state index contributed by atoms with van der Waals surface area (Å²) in [6.45, 7) is 0. The normalized spacial score (nSPS) is 25.1. The number of nitrogens with zero attached hydrogens (tertiary/aromatic N) is 1. The number of β-lactam (4-membered cyclic amide) rings is 1. The molecule has 1 saturated heterocycles. The Bertz CT molecular complexity index is 609. The van der Waals surface area contributed by atoms with Gasteiger partial charge in [-0.2, -0.15) is 0 Å². The molecule has 2 atom stereocenters. The Labute approximate surface area is 120 Å². The van der Waals surface area contributed by atoms with Crippen molar-refractivity contribution in [2.24, 2.45) is 0 Å². The smallest absolute Gasteiger partial charge is 0.352 e. The van der Waals surface area contributed by atoms with Gasteiger partial charge in [-0.1, -0.05) is 42.5 Å². The predicted octanol–water partition coefficient (Wildman–Crippen LogP) is 2.34. The molecule has 20 heavy (non-hydrogen) atoms. The number of fused-ring (bicyclic) bond motifs is 1. The number of carboxylic acid groups (broad SMARTS) is 1. The van der Waals surface area contributed by atoms with Gasteiger partial charge in [0, 0.05) is 5.25 Å². The van der Waals surface area contributed by atoms with E-state index in [1.807, 2.05) is 42.5 Å². The maximum Gasteiger partial charge on any atom is 0.352 e. The lowest BCUT2D eigenvalue weighted by molar-refractivity contribution is -0.146. The zero-order valence-corrected chi connectivity index (χ0v) is 11.4. The molecule has 2 aliphatic heterocycles. The summed E-state index contributed by atoms with van der Waals surface area (Å²) in [5.74, 6) is -1.15. The van der Waals surface area contributed by atoms with Crippen molar-refractivity contribution in [2.75, 3.05) is 0 Å². The Morgan fingerprint density at radius 3 is 2.75 bits per heavy atom. The van der Waals surface area contributed by atoms with Crippen molar-refractivity contribution in [1.82, 2.24) is 4.90 Å². The van der Waals surface area contributed by atoms with E-state index in [1.54, 1.807) is 17.8 Å². The first-order valence-corrected chi connectivity index (χ1v) is 7.25. The number of benzene rings is 1. The van der Waals surface area contributed by atoms with Gasteiger partial charge in [-0.05, 0) is 11.6 Å². The summed E-state index contributed by atoms with van der Waals surface area (Å²) in [6.07, 6.45) is 6.01. The first-order valence-electron chi connectivity index (χ1n) is 6.31. The standard InChI is InChI=1S/C15H13NO3S/c17-13-9-14-16(13)12(15(18)19)8-11(20-14)7-6-10-4-2-1-3-5-10/h1-8,11,14H,9H2,(H,18,19)/t11?,14-/m1/s1. The van der Waals surface area contributed by atoms with Gasteiger partial charge in [0.25, 0.3) is 0 Å². The first kappa shape index (κ1) is 13.0. The number of hydrogen-bond donors (Lipinski definition) is 1. The Kier molecular flexibility index (Phi) is 3.36. The van der Waals surface area contributed by atoms with Crippen LogP contribution in [0.1, 0.15) is 12.0 Å². The number of aliphatic carboxylic acids is 1. The van der Waals surface area contributed by atoms with E-state index in [4.69, 9.17) is 0 Å². The maximum absolute atomic E-state index is 11.5. The molecule has 102 valence electrons. The maximum atomic E-state index is 11.5. The lowest BCUT2D eigenvalue weighted by Crippen LogP contribution is -2.53. The van der Waals surface area contributed by atoms with Crippen LogP contribution >= 0.6 is 11.8 Å². The van der Waals surface area contributed by atoms with Crippen molar-refractivity contribution in [1.29, 1.82) is 0 Å². The van der Waals surface area contributed by atoms with Gasteiger partial charge in [0.1, 0.15) is 5.70 Å². The Morgan fingerprint density at radius 1 is 1.35 bits per heavy atom. The highest BCUT2D eigenvalue weighted by molar-refractivity contribution is 8.01. The van der Waals surface area contributed by atoms with Gasteiger partial charge >= 0.3 is 5.97 Å². The number of carboxylic acids is 1. The Morgan fingerprint density at radius 2 is 2.10 bits per heavy atom. The zero-order valence-electron chi connectivity index (χ0n) is 10.6. The van der Waals surface area contributed by atoms with Crippen LogP contribution in [-0.2, 0) is 9.59 Å². The minimum absolute atomic E-state index is 0.0179. The van der Waals surface area contributed by atoms with Crippen LogP contribution in [-0.4, -0.2) is 32.5 Å². The second-order valence-electron chi connectivity index (χ2n) is 4.65. The van der Waals surface area contributed by atoms with E-state index in [1.165, 1.54) is 4.90 Å². The van der Waals surface area contributed by atoms with E-state index in [0.717, 1.165) is 5.56 Å². The van der Waals surface area contributed by atoms with Crippen LogP contribution in [0.5, 0.6) is 0 Å². The number of carbonyl (C=O) groups excluding carboxylic acids is 1. The van der Waals surface area contributed by atoms with Crippen LogP contribution in [0.4, 0.5) is 0 Å². The number of hydrogen-bond acceptors (Lipinski definition) is 3. The monoisotopic (exact) mass is 287 g/mol. The van der Waals surface area contributed by atoms with Crippen molar-refractivity contribution >= 4 is 29.7 Å². The largest absolute Gasteiger partial charge is 0.477 e. The number of carbonyl (C=O) groups is 2. The van der Waals surface area contributed by atoms with E-state index in [9.17, 15) is 14.7 Å². The molecule has 4 nitrogen and oxygen atoms in total. The third-order valence-corrected chi connectivity index (χ3v) is 4.60. The van der Waals surface area contributed by atoms with Gasteiger partial charge in [-0.25, -0.2) is 4.79 Å². The molecule has 0 saturated carbocycles. The summed E-state index contributed by atoms with van der Waals surface area (Å²) in [5, 5.41) is 9.13. The highest BCUT2D eigenvalue weighted by Gasteiger charge is 2.44. The quantitative estimate of drug-likeness (QED) is 0.867. The molecular weight excluding hydrogens is 274 g/mol. The number of rotatable bonds is 3. The van der Waals surface area contributed by atoms with Crippen LogP contribution in [0.3, 0.4) is 0 Å². The first-order chi connectivity index (χ1) is 9.65. The fourth-order valence-electron chi connectivity index (χ4n) is 2.29. The van der Waals surface area contributed by atoms with Crippen LogP contribution in [0.25, 0.3) is 6.08 Å². The van der Waals surface area contributed by atoms with Gasteiger partial charge < -0.3 is 5.11 Å². The molecule has 0 radical (unpaired) electrons. The van der Waals surface area contributed by atoms with Crippen LogP contribution in [0.2, 0.25) is 0 Å². The van der Waals surface area contributed by atoms with E-state index < -0.39 is 5.97 Å². The van der Waals surface area contributed by atoms with Gasteiger partial charge in [0.15, 0.2) is 0 Å². The van der Waals surface area contributed by atoms with E-state index in [2.05, 4.69) is 0 Å². The Hall–Kier alpha value is -2.01. The number of thioether (sulfide) groups is 1. The van der Waals surface area contributed by atoms with Gasteiger partial charge in [0.2, 0.25) is 5.91 Å². The molecule has 1 N–H and O–H groups in total. The van der Waals surface area contributed by atoms with E-state index in [-0.39, 0.29) is 22.2 Å². The summed E-state index contributed by atoms with van der Waals surface area (Å²) in [5.41, 5.74) is 1.18. The van der Waals surface area contributed by atoms with Crippen molar-refractivity contribution in [3.8, 4) is 0 Å². The highest BCUT2D eigenvalue weighted by atomic mass is 32.2. The summed E-state index contributed by atoms with van der Waals surface area (Å²) < 4.78 is 0. The number of amides is 1. The minimum Gasteiger partial charge on any atom is -0.477 e. The molecular formula is C15H13NO3S. The second-order valence-corrected chi connectivity index (χ2v) is 6.01. The zero-order chi connectivity index (χ0) is 14.1. The van der Waals surface area contributed by atoms with Crippen molar-refractivity contribution < 1.29 is 14.7 Å². The molecule has 2 aliphatic rings. The average Bonchev–Trinajstić information content (AvgIpc) is 2.44.